The number of aromatic hydroxyl groups is 1. The van der Waals surface area contributed by atoms with Crippen molar-refractivity contribution < 1.29 is 34.2 Å². The summed E-state index contributed by atoms with van der Waals surface area (Å²) in [7, 11) is 0. The molecule has 4 aromatic heterocycles. The lowest BCUT2D eigenvalue weighted by Crippen LogP contribution is -2.71. The average Bonchev–Trinajstić information content (AvgIpc) is 3.68. The minimum Gasteiger partial charge on any atom is -0.502 e. The van der Waals surface area contributed by atoms with E-state index >= 15 is 0 Å². The standard InChI is InChI=1S/C25H22N12O8S3/c1-8-2-13(37-25(29-8)33-18(34-37)17(26)39)46-5-9-6-47-22-15(21(42)36(22)16(9)23(43)44)32-20(41)14(10-7-48-24(27)30-10)35-45-4-12-28-3-11(38)19(40)31-12/h2-3,7,15,22,38H,4-6H2,1H3,(H2,26,39)(H2,27,30)(H,32,41)(H,43,44)(H,28,31,40)/t15-,22-/m1/s1. The molecule has 48 heavy (non-hydrogen) atoms. The van der Waals surface area contributed by atoms with Gasteiger partial charge in [0, 0.05) is 22.6 Å². The molecule has 0 aliphatic carbocycles. The molecule has 2 atom stereocenters. The van der Waals surface area contributed by atoms with Crippen LogP contribution in [0.15, 0.2) is 43.9 Å². The molecule has 8 N–H and O–H groups in total. The van der Waals surface area contributed by atoms with Crippen molar-refractivity contribution in [1.82, 2.24) is 44.8 Å². The maximum absolute atomic E-state index is 13.4. The summed E-state index contributed by atoms with van der Waals surface area (Å²) in [6.07, 6.45) is 1.02. The monoisotopic (exact) mass is 714 g/mol. The Balaban J connectivity index is 1.18. The predicted molar refractivity (Wildman–Crippen MR) is 169 cm³/mol. The summed E-state index contributed by atoms with van der Waals surface area (Å²) in [5.74, 6) is -3.96. The zero-order chi connectivity index (χ0) is 34.3. The number of hydrogen-bond donors (Lipinski definition) is 6. The number of fused-ring (bicyclic) bond motifs is 2. The number of aryl methyl sites for hydroxylation is 1. The largest absolute Gasteiger partial charge is 0.502 e. The van der Waals surface area contributed by atoms with Gasteiger partial charge in [0.15, 0.2) is 29.0 Å². The molecule has 0 aromatic carbocycles. The number of nitrogen functional groups attached to an aromatic ring is 1. The normalized spacial score (nSPS) is 17.6. The molecule has 0 radical (unpaired) electrons. The first-order chi connectivity index (χ1) is 22.9. The molecule has 0 saturated carbocycles. The van der Waals surface area contributed by atoms with Crippen LogP contribution in [0, 0.1) is 6.92 Å². The zero-order valence-corrected chi connectivity index (χ0v) is 26.8. The van der Waals surface area contributed by atoms with Gasteiger partial charge in [-0.05, 0) is 18.6 Å². The number of H-pyrrole nitrogens is 1. The van der Waals surface area contributed by atoms with Crippen LogP contribution < -0.4 is 22.3 Å². The molecule has 3 amide bonds. The molecule has 2 aliphatic heterocycles. The van der Waals surface area contributed by atoms with Crippen molar-refractivity contribution in [2.45, 2.75) is 30.0 Å². The lowest BCUT2D eigenvalue weighted by atomic mass is 10.0. The summed E-state index contributed by atoms with van der Waals surface area (Å²) < 4.78 is 1.33. The van der Waals surface area contributed by atoms with E-state index in [1.54, 1.807) is 13.0 Å². The first-order valence-corrected chi connectivity index (χ1v) is 16.4. The SMILES string of the molecule is Cc1cc(SCC2=C(C(=O)O)N3C(=O)[C@@H](NC(=O)C(=NOCc4nc(=O)c(O)c[nH]4)c4csc(N)n4)[C@H]3SC2)n2nc(C(N)=O)nc2n1. The summed E-state index contributed by atoms with van der Waals surface area (Å²) in [5.41, 5.74) is 10.7. The number of aromatic nitrogens is 7. The third-order valence-corrected chi connectivity index (χ3v) is 9.82. The van der Waals surface area contributed by atoms with Gasteiger partial charge in [-0.15, -0.1) is 40.0 Å². The van der Waals surface area contributed by atoms with Gasteiger partial charge < -0.3 is 36.8 Å². The van der Waals surface area contributed by atoms with Crippen LogP contribution in [-0.2, 0) is 25.8 Å². The van der Waals surface area contributed by atoms with Crippen molar-refractivity contribution in [3.63, 3.8) is 0 Å². The number of amides is 3. The van der Waals surface area contributed by atoms with Crippen LogP contribution in [0.1, 0.15) is 27.8 Å². The highest BCUT2D eigenvalue weighted by Gasteiger charge is 2.54. The second-order valence-electron chi connectivity index (χ2n) is 9.98. The Morgan fingerprint density at radius 1 is 1.25 bits per heavy atom. The summed E-state index contributed by atoms with van der Waals surface area (Å²) >= 11 is 3.50. The van der Waals surface area contributed by atoms with E-state index in [0.717, 1.165) is 22.4 Å². The molecule has 4 aromatic rings. The number of primary amides is 1. The Labute approximate surface area is 279 Å². The molecule has 0 unspecified atom stereocenters. The fourth-order valence-electron chi connectivity index (χ4n) is 4.58. The first kappa shape index (κ1) is 32.4. The topological polar surface area (TPSA) is 299 Å². The van der Waals surface area contributed by atoms with E-state index in [0.29, 0.717) is 16.3 Å². The molecule has 0 bridgehead atoms. The Hall–Kier alpha value is -5.55. The number of aliphatic carboxylic acids is 1. The third-order valence-electron chi connectivity index (χ3n) is 6.73. The Morgan fingerprint density at radius 2 is 2.04 bits per heavy atom. The number of nitrogens with zero attached hydrogens (tertiary/aromatic N) is 8. The van der Waals surface area contributed by atoms with E-state index < -0.39 is 46.4 Å². The fourth-order valence-corrected chi connectivity index (χ4v) is 7.67. The molecule has 6 rings (SSSR count). The van der Waals surface area contributed by atoms with Crippen molar-refractivity contribution in [1.29, 1.82) is 0 Å². The van der Waals surface area contributed by atoms with Gasteiger partial charge in [-0.2, -0.15) is 14.5 Å². The minimum absolute atomic E-state index is 0.00431. The number of anilines is 1. The predicted octanol–water partition coefficient (Wildman–Crippen LogP) is -1.19. The summed E-state index contributed by atoms with van der Waals surface area (Å²) in [6, 6.07) is 0.587. The van der Waals surface area contributed by atoms with Crippen LogP contribution in [0.25, 0.3) is 5.78 Å². The van der Waals surface area contributed by atoms with Gasteiger partial charge in [0.2, 0.25) is 5.82 Å². The number of aromatic amines is 1. The second-order valence-corrected chi connectivity index (χ2v) is 13.0. The summed E-state index contributed by atoms with van der Waals surface area (Å²) in [5, 5.41) is 31.3. The number of nitrogens with two attached hydrogens (primary N) is 2. The highest BCUT2D eigenvalue weighted by atomic mass is 32.2. The molecule has 248 valence electrons. The highest BCUT2D eigenvalue weighted by molar-refractivity contribution is 8.01. The lowest BCUT2D eigenvalue weighted by molar-refractivity contribution is -0.150. The number of carbonyl (C=O) groups excluding carboxylic acids is 3. The van der Waals surface area contributed by atoms with Crippen LogP contribution in [0.5, 0.6) is 5.75 Å². The van der Waals surface area contributed by atoms with Crippen molar-refractivity contribution in [2.24, 2.45) is 10.9 Å². The lowest BCUT2D eigenvalue weighted by Gasteiger charge is -2.49. The second kappa shape index (κ2) is 12.9. The summed E-state index contributed by atoms with van der Waals surface area (Å²) in [6.45, 7) is 1.33. The number of carboxylic acid groups (broad SMARTS) is 1. The third kappa shape index (κ3) is 6.24. The first-order valence-electron chi connectivity index (χ1n) is 13.5. The molecule has 1 saturated heterocycles. The highest BCUT2D eigenvalue weighted by Crippen LogP contribution is 2.41. The van der Waals surface area contributed by atoms with Gasteiger partial charge in [-0.1, -0.05) is 5.16 Å². The van der Waals surface area contributed by atoms with Gasteiger partial charge >= 0.3 is 11.5 Å². The number of rotatable bonds is 11. The van der Waals surface area contributed by atoms with E-state index in [2.05, 4.69) is 40.5 Å². The van der Waals surface area contributed by atoms with Crippen molar-refractivity contribution in [3.8, 4) is 5.75 Å². The van der Waals surface area contributed by atoms with Crippen molar-refractivity contribution in [3.05, 3.63) is 62.3 Å². The Kier molecular flexibility index (Phi) is 8.72. The van der Waals surface area contributed by atoms with Crippen LogP contribution in [0.2, 0.25) is 0 Å². The number of nitrogens with one attached hydrogen (secondary N) is 2. The molecular formula is C25H22N12O8S3. The van der Waals surface area contributed by atoms with E-state index in [1.165, 1.54) is 33.4 Å². The molecule has 20 nitrogen and oxygen atoms in total. The van der Waals surface area contributed by atoms with Crippen LogP contribution in [0.4, 0.5) is 5.13 Å². The average molecular weight is 715 g/mol. The van der Waals surface area contributed by atoms with E-state index in [9.17, 15) is 34.2 Å². The number of thiazole rings is 1. The number of carbonyl (C=O) groups is 4. The van der Waals surface area contributed by atoms with Crippen molar-refractivity contribution in [2.75, 3.05) is 17.2 Å². The zero-order valence-electron chi connectivity index (χ0n) is 24.3. The maximum atomic E-state index is 13.4. The van der Waals surface area contributed by atoms with E-state index in [4.69, 9.17) is 16.3 Å². The number of oxime groups is 1. The summed E-state index contributed by atoms with van der Waals surface area (Å²) in [4.78, 5) is 87.0. The van der Waals surface area contributed by atoms with Gasteiger partial charge in [0.25, 0.3) is 23.5 Å². The van der Waals surface area contributed by atoms with E-state index in [1.807, 2.05) is 0 Å². The van der Waals surface area contributed by atoms with Gasteiger partial charge in [-0.3, -0.25) is 24.1 Å². The number of hydrogen-bond acceptors (Lipinski definition) is 17. The Morgan fingerprint density at radius 3 is 2.73 bits per heavy atom. The Bertz CT molecular complexity index is 2130. The van der Waals surface area contributed by atoms with E-state index in [-0.39, 0.29) is 57.8 Å². The minimum atomic E-state index is -1.32. The van der Waals surface area contributed by atoms with Crippen LogP contribution >= 0.6 is 34.9 Å². The molecule has 0 spiro atoms. The number of carboxylic acids is 1. The van der Waals surface area contributed by atoms with Gasteiger partial charge in [-0.25, -0.2) is 14.8 Å². The number of thioether (sulfide) groups is 2. The number of β-lactam (4-membered cyclic amide) rings is 1. The molecule has 2 aliphatic rings. The molecule has 1 fully saturated rings. The van der Waals surface area contributed by atoms with Crippen LogP contribution in [-0.4, -0.2) is 102 Å². The van der Waals surface area contributed by atoms with Gasteiger partial charge in [0.05, 0.1) is 6.20 Å². The quantitative estimate of drug-likeness (QED) is 0.0350. The molecular weight excluding hydrogens is 693 g/mol. The fraction of sp³-hybridized carbons (Fsp3) is 0.240. The van der Waals surface area contributed by atoms with Gasteiger partial charge in [0.1, 0.15) is 27.8 Å². The smallest absolute Gasteiger partial charge is 0.352 e. The molecule has 6 heterocycles. The maximum Gasteiger partial charge on any atom is 0.352 e. The molecule has 23 heteroatoms. The van der Waals surface area contributed by atoms with Crippen LogP contribution in [0.3, 0.4) is 0 Å². The van der Waals surface area contributed by atoms with Crippen molar-refractivity contribution >= 4 is 75.2 Å².